The molecule has 2 aromatic carbocycles. The number of nitrogens with one attached hydrogen (secondary N) is 2. The number of anilines is 1. The van der Waals surface area contributed by atoms with Crippen LogP contribution >= 0.6 is 23.4 Å². The number of hydrogen-bond acceptors (Lipinski definition) is 6. The maximum atomic E-state index is 13.0. The van der Waals surface area contributed by atoms with Gasteiger partial charge >= 0.3 is 6.03 Å². The van der Waals surface area contributed by atoms with Gasteiger partial charge in [-0.05, 0) is 42.3 Å². The van der Waals surface area contributed by atoms with E-state index in [4.69, 9.17) is 11.6 Å². The number of fused-ring (bicyclic) bond motifs is 1. The van der Waals surface area contributed by atoms with Gasteiger partial charge in [0.25, 0.3) is 0 Å². The molecular formula is C23H21ClN6O3S. The number of amides is 4. The molecular weight excluding hydrogens is 476 g/mol. The maximum absolute atomic E-state index is 13.0. The number of benzene rings is 2. The van der Waals surface area contributed by atoms with Gasteiger partial charge in [-0.1, -0.05) is 41.6 Å². The second-order valence-electron chi connectivity index (χ2n) is 8.05. The van der Waals surface area contributed by atoms with E-state index >= 15 is 0 Å². The average molecular weight is 497 g/mol. The average Bonchev–Trinajstić information content (AvgIpc) is 3.42. The Morgan fingerprint density at radius 1 is 1.12 bits per heavy atom. The Labute approximate surface area is 204 Å². The minimum absolute atomic E-state index is 0.00151. The van der Waals surface area contributed by atoms with Crippen LogP contribution in [0.5, 0.6) is 0 Å². The molecule has 1 atom stereocenters. The van der Waals surface area contributed by atoms with E-state index in [1.54, 1.807) is 12.1 Å². The fraction of sp³-hybridized carbons (Fsp3) is 0.261. The fourth-order valence-electron chi connectivity index (χ4n) is 4.19. The normalized spacial score (nSPS) is 17.3. The summed E-state index contributed by atoms with van der Waals surface area (Å²) in [6.07, 6.45) is 1.30. The van der Waals surface area contributed by atoms with Gasteiger partial charge in [-0.2, -0.15) is 0 Å². The predicted molar refractivity (Wildman–Crippen MR) is 128 cm³/mol. The van der Waals surface area contributed by atoms with Gasteiger partial charge in [-0.3, -0.25) is 19.5 Å². The molecule has 0 radical (unpaired) electrons. The highest BCUT2D eigenvalue weighted by Gasteiger charge is 2.28. The summed E-state index contributed by atoms with van der Waals surface area (Å²) >= 11 is 7.37. The topological polar surface area (TPSA) is 109 Å². The van der Waals surface area contributed by atoms with E-state index in [9.17, 15) is 14.4 Å². The molecule has 0 bridgehead atoms. The van der Waals surface area contributed by atoms with Gasteiger partial charge in [0, 0.05) is 41.8 Å². The summed E-state index contributed by atoms with van der Waals surface area (Å²) in [5, 5.41) is 14.8. The third-order valence-corrected chi connectivity index (χ3v) is 6.91. The third kappa shape index (κ3) is 4.64. The minimum atomic E-state index is -0.523. The standard InChI is InChI=1S/C23H21ClN6O3S/c24-15-5-7-17(8-6-15)30-19(11-16-12-20(31)26-22(33)25-16)27-28-23(30)34-13-21(32)29-10-9-14-3-1-2-4-18(14)29/h1-8,16H,9-13H2,(H2,25,26,31,33). The number of aromatic nitrogens is 3. The quantitative estimate of drug-likeness (QED) is 0.508. The number of thioether (sulfide) groups is 1. The second kappa shape index (κ2) is 9.47. The van der Waals surface area contributed by atoms with Crippen LogP contribution in [-0.2, 0) is 22.4 Å². The van der Waals surface area contributed by atoms with Crippen LogP contribution in [0, 0.1) is 0 Å². The number of para-hydroxylation sites is 1. The summed E-state index contributed by atoms with van der Waals surface area (Å²) in [4.78, 5) is 38.3. The monoisotopic (exact) mass is 496 g/mol. The number of nitrogens with zero attached hydrogens (tertiary/aromatic N) is 4. The molecule has 0 saturated carbocycles. The predicted octanol–water partition coefficient (Wildman–Crippen LogP) is 2.74. The lowest BCUT2D eigenvalue weighted by molar-refractivity contribution is -0.121. The van der Waals surface area contributed by atoms with Crippen LogP contribution in [-0.4, -0.2) is 50.9 Å². The van der Waals surface area contributed by atoms with E-state index in [0.717, 1.165) is 17.8 Å². The van der Waals surface area contributed by atoms with Crippen molar-refractivity contribution in [3.8, 4) is 5.69 Å². The van der Waals surface area contributed by atoms with Crippen molar-refractivity contribution >= 4 is 46.9 Å². The van der Waals surface area contributed by atoms with E-state index in [0.29, 0.717) is 29.0 Å². The lowest BCUT2D eigenvalue weighted by Gasteiger charge is -2.23. The molecule has 2 N–H and O–H groups in total. The lowest BCUT2D eigenvalue weighted by Crippen LogP contribution is -2.53. The smallest absolute Gasteiger partial charge is 0.321 e. The highest BCUT2D eigenvalue weighted by Crippen LogP contribution is 2.30. The molecule has 34 heavy (non-hydrogen) atoms. The molecule has 5 rings (SSSR count). The van der Waals surface area contributed by atoms with E-state index < -0.39 is 12.1 Å². The van der Waals surface area contributed by atoms with Crippen molar-refractivity contribution in [1.29, 1.82) is 0 Å². The van der Waals surface area contributed by atoms with Crippen LogP contribution in [0.4, 0.5) is 10.5 Å². The summed E-state index contributed by atoms with van der Waals surface area (Å²) in [7, 11) is 0. The number of hydrogen-bond donors (Lipinski definition) is 2. The second-order valence-corrected chi connectivity index (χ2v) is 9.43. The molecule has 174 valence electrons. The summed E-state index contributed by atoms with van der Waals surface area (Å²) in [5.41, 5.74) is 2.91. The van der Waals surface area contributed by atoms with Crippen LogP contribution in [0.15, 0.2) is 53.7 Å². The summed E-state index contributed by atoms with van der Waals surface area (Å²) in [5.74, 6) is 0.433. The molecule has 1 fully saturated rings. The lowest BCUT2D eigenvalue weighted by atomic mass is 10.1. The number of carbonyl (C=O) groups is 3. The fourth-order valence-corrected chi connectivity index (χ4v) is 5.17. The van der Waals surface area contributed by atoms with E-state index in [2.05, 4.69) is 20.8 Å². The highest BCUT2D eigenvalue weighted by atomic mass is 35.5. The van der Waals surface area contributed by atoms with Crippen molar-refractivity contribution in [3.63, 3.8) is 0 Å². The van der Waals surface area contributed by atoms with Crippen LogP contribution in [0.1, 0.15) is 17.8 Å². The van der Waals surface area contributed by atoms with Crippen molar-refractivity contribution < 1.29 is 14.4 Å². The zero-order chi connectivity index (χ0) is 23.7. The molecule has 0 spiro atoms. The Kier molecular flexibility index (Phi) is 6.25. The van der Waals surface area contributed by atoms with Crippen molar-refractivity contribution in [3.05, 3.63) is 64.9 Å². The molecule has 1 saturated heterocycles. The van der Waals surface area contributed by atoms with E-state index in [1.165, 1.54) is 17.3 Å². The van der Waals surface area contributed by atoms with Gasteiger partial charge in [0.1, 0.15) is 5.82 Å². The Hall–Kier alpha value is -3.37. The first-order valence-corrected chi connectivity index (χ1v) is 12.2. The molecule has 2 aliphatic heterocycles. The van der Waals surface area contributed by atoms with Crippen molar-refractivity contribution in [2.45, 2.75) is 30.5 Å². The molecule has 4 amide bonds. The number of imide groups is 1. The molecule has 9 nitrogen and oxygen atoms in total. The van der Waals surface area contributed by atoms with Gasteiger partial charge in [0.15, 0.2) is 5.16 Å². The van der Waals surface area contributed by atoms with Gasteiger partial charge in [0.2, 0.25) is 11.8 Å². The van der Waals surface area contributed by atoms with E-state index in [1.807, 2.05) is 45.9 Å². The molecule has 3 aromatic rings. The van der Waals surface area contributed by atoms with Crippen LogP contribution < -0.4 is 15.5 Å². The summed E-state index contributed by atoms with van der Waals surface area (Å²) in [6.45, 7) is 0.664. The first-order valence-electron chi connectivity index (χ1n) is 10.8. The van der Waals surface area contributed by atoms with Crippen molar-refractivity contribution in [2.75, 3.05) is 17.2 Å². The number of urea groups is 1. The number of carbonyl (C=O) groups excluding carboxylic acids is 3. The first-order chi connectivity index (χ1) is 16.5. The molecule has 2 aliphatic rings. The Morgan fingerprint density at radius 3 is 2.71 bits per heavy atom. The van der Waals surface area contributed by atoms with Crippen molar-refractivity contribution in [2.24, 2.45) is 0 Å². The van der Waals surface area contributed by atoms with Gasteiger partial charge in [0.05, 0.1) is 5.75 Å². The number of halogens is 1. The van der Waals surface area contributed by atoms with Crippen LogP contribution in [0.25, 0.3) is 5.69 Å². The Morgan fingerprint density at radius 2 is 1.91 bits per heavy atom. The Bertz CT molecular complexity index is 1250. The molecule has 0 aliphatic carbocycles. The summed E-state index contributed by atoms with van der Waals surface area (Å²) < 4.78 is 1.84. The maximum Gasteiger partial charge on any atom is 0.321 e. The van der Waals surface area contributed by atoms with E-state index in [-0.39, 0.29) is 24.0 Å². The first kappa shape index (κ1) is 22.4. The molecule has 1 unspecified atom stereocenters. The third-order valence-electron chi connectivity index (χ3n) is 5.75. The van der Waals surface area contributed by atoms with Crippen molar-refractivity contribution in [1.82, 2.24) is 25.4 Å². The summed E-state index contributed by atoms with van der Waals surface area (Å²) in [6, 6.07) is 14.2. The zero-order valence-electron chi connectivity index (χ0n) is 18.0. The number of rotatable bonds is 6. The van der Waals surface area contributed by atoms with Gasteiger partial charge in [-0.15, -0.1) is 10.2 Å². The van der Waals surface area contributed by atoms with Crippen LogP contribution in [0.2, 0.25) is 5.02 Å². The van der Waals surface area contributed by atoms with Crippen LogP contribution in [0.3, 0.4) is 0 Å². The SMILES string of the molecule is O=C1CC(Cc2nnc(SCC(=O)N3CCc4ccccc43)n2-c2ccc(Cl)cc2)NC(=O)N1. The van der Waals surface area contributed by atoms with Gasteiger partial charge < -0.3 is 10.2 Å². The highest BCUT2D eigenvalue weighted by molar-refractivity contribution is 7.99. The Balaban J connectivity index is 1.37. The van der Waals surface area contributed by atoms with Gasteiger partial charge in [-0.25, -0.2) is 4.79 Å². The largest absolute Gasteiger partial charge is 0.334 e. The molecule has 1 aromatic heterocycles. The zero-order valence-corrected chi connectivity index (χ0v) is 19.6. The molecule has 11 heteroatoms. The molecule has 3 heterocycles. The minimum Gasteiger partial charge on any atom is -0.334 e.